The van der Waals surface area contributed by atoms with Crippen LogP contribution in [0.2, 0.25) is 19.4 Å². The van der Waals surface area contributed by atoms with Crippen LogP contribution < -0.4 is 0 Å². The molecular weight excluding hydrogens is 711 g/mol. The number of benzene rings is 4. The number of allylic oxidation sites excluding steroid dienone is 2. The number of hydrogen-bond donors (Lipinski definition) is 0. The minimum atomic E-state index is -4.12. The summed E-state index contributed by atoms with van der Waals surface area (Å²) < 4.78 is 6.80. The molecule has 0 aliphatic heterocycles. The van der Waals surface area contributed by atoms with E-state index in [2.05, 4.69) is 174 Å². The molecular formula is C42H50HfSi. The molecule has 0 spiro atoms. The molecule has 0 fully saturated rings. The Hall–Kier alpha value is -2.55. The second-order valence-corrected chi connectivity index (χ2v) is 61.8. The average molecular weight is 761 g/mol. The van der Waals surface area contributed by atoms with E-state index in [9.17, 15) is 0 Å². The molecule has 0 nitrogen and oxygen atoms in total. The van der Waals surface area contributed by atoms with Crippen molar-refractivity contribution in [3.05, 3.63) is 130 Å². The molecule has 2 unspecified atom stereocenters. The van der Waals surface area contributed by atoms with E-state index in [0.29, 0.717) is 7.35 Å². The zero-order chi connectivity index (χ0) is 31.7. The Morgan fingerprint density at radius 3 is 1.23 bits per heavy atom. The second kappa shape index (κ2) is 10.8. The van der Waals surface area contributed by atoms with Crippen LogP contribution in [0, 0.1) is 13.8 Å². The molecule has 4 aromatic rings. The predicted molar refractivity (Wildman–Crippen MR) is 194 cm³/mol. The van der Waals surface area contributed by atoms with E-state index in [1.165, 1.54) is 44.5 Å². The number of rotatable bonds is 4. The molecule has 44 heavy (non-hydrogen) atoms. The minimum absolute atomic E-state index is 0.262. The third-order valence-corrected chi connectivity index (χ3v) is 71.0. The summed E-state index contributed by atoms with van der Waals surface area (Å²) in [5.74, 6) is 0. The summed E-state index contributed by atoms with van der Waals surface area (Å²) in [5.41, 5.74) is 13.2. The quantitative estimate of drug-likeness (QED) is 0.182. The molecule has 4 aromatic carbocycles. The van der Waals surface area contributed by atoms with Crippen molar-refractivity contribution in [1.82, 2.24) is 0 Å². The van der Waals surface area contributed by atoms with E-state index in [0.717, 1.165) is 0 Å². The van der Waals surface area contributed by atoms with Gasteiger partial charge in [0.1, 0.15) is 0 Å². The molecule has 0 heterocycles. The first kappa shape index (κ1) is 31.4. The summed E-state index contributed by atoms with van der Waals surface area (Å²) in [6.07, 6.45) is 10.4. The summed E-state index contributed by atoms with van der Waals surface area (Å²) in [6, 6.07) is 32.5. The summed E-state index contributed by atoms with van der Waals surface area (Å²) in [6.45, 7) is 19.8. The van der Waals surface area contributed by atoms with Gasteiger partial charge in [-0.25, -0.2) is 0 Å². The Morgan fingerprint density at radius 2 is 0.886 bits per heavy atom. The molecule has 6 rings (SSSR count). The monoisotopic (exact) mass is 762 g/mol. The van der Waals surface area contributed by atoms with Gasteiger partial charge in [0.05, 0.1) is 0 Å². The maximum atomic E-state index is 2.90. The van der Waals surface area contributed by atoms with Gasteiger partial charge in [0, 0.05) is 0 Å². The summed E-state index contributed by atoms with van der Waals surface area (Å²) in [4.78, 5) is 0. The van der Waals surface area contributed by atoms with Crippen LogP contribution in [0.1, 0.15) is 82.3 Å². The molecule has 2 aliphatic rings. The number of aryl methyl sites for hydroxylation is 2. The third-order valence-electron chi connectivity index (χ3n) is 10.8. The Bertz CT molecular complexity index is 1740. The van der Waals surface area contributed by atoms with Gasteiger partial charge in [-0.1, -0.05) is 0 Å². The zero-order valence-corrected chi connectivity index (χ0v) is 33.1. The van der Waals surface area contributed by atoms with Crippen molar-refractivity contribution in [2.45, 2.75) is 82.2 Å². The molecule has 0 amide bonds. The van der Waals surface area contributed by atoms with Gasteiger partial charge in [-0.2, -0.15) is 0 Å². The maximum absolute atomic E-state index is 4.12. The van der Waals surface area contributed by atoms with E-state index in [4.69, 9.17) is 0 Å². The third kappa shape index (κ3) is 5.05. The van der Waals surface area contributed by atoms with Gasteiger partial charge in [0.2, 0.25) is 0 Å². The van der Waals surface area contributed by atoms with Crippen molar-refractivity contribution in [2.75, 3.05) is 0 Å². The van der Waals surface area contributed by atoms with Crippen LogP contribution >= 0.6 is 0 Å². The number of hydrogen-bond acceptors (Lipinski definition) is 0. The van der Waals surface area contributed by atoms with Crippen LogP contribution in [0.15, 0.2) is 97.1 Å². The fraction of sp³-hybridized carbons (Fsp3) is 0.333. The molecule has 0 bridgehead atoms. The first-order chi connectivity index (χ1) is 20.6. The van der Waals surface area contributed by atoms with Crippen LogP contribution in [-0.2, 0) is 17.1 Å². The van der Waals surface area contributed by atoms with Crippen molar-refractivity contribution in [2.24, 2.45) is 0 Å². The summed E-state index contributed by atoms with van der Waals surface area (Å²) in [5, 5.41) is 0.525. The van der Waals surface area contributed by atoms with Crippen molar-refractivity contribution < 1.29 is 17.1 Å². The average Bonchev–Trinajstić information content (AvgIpc) is 3.58. The van der Waals surface area contributed by atoms with Gasteiger partial charge in [-0.15, -0.1) is 0 Å². The first-order valence-corrected chi connectivity index (χ1v) is 34.7. The SMILES string of the molecule is Cc1ccc(-c2cccc3c2C=C[CH]3[Hf]([CH3])([CH3])([CH]2C=Cc3c(-c4ccc(C)cc4)cccc32)=[Si](C(C)(C)C)C(C)(C)C)cc1. The standard InChI is InChI=1S/2C16H13.C8H18Si.2CH3.Hf/c2*1-12-8-10-14(11-9-12)16-7-3-5-13-4-2-6-15(13)16;1-7(2,3)9-8(4,5)6;;;/h2*2-11H,1H3;1-6H3;2*1H3;. The molecule has 0 aromatic heterocycles. The molecule has 0 radical (unpaired) electrons. The van der Waals surface area contributed by atoms with Gasteiger partial charge in [0.15, 0.2) is 0 Å². The molecule has 2 atom stereocenters. The van der Waals surface area contributed by atoms with Crippen LogP contribution in [0.5, 0.6) is 0 Å². The van der Waals surface area contributed by atoms with Crippen LogP contribution in [0.4, 0.5) is 0 Å². The fourth-order valence-corrected chi connectivity index (χ4v) is 94.6. The Kier molecular flexibility index (Phi) is 7.69. The summed E-state index contributed by atoms with van der Waals surface area (Å²) >= 11 is -4.12. The Morgan fingerprint density at radius 1 is 0.523 bits per heavy atom. The van der Waals surface area contributed by atoms with Gasteiger partial charge >= 0.3 is 270 Å². The molecule has 226 valence electrons. The topological polar surface area (TPSA) is 0 Å². The predicted octanol–water partition coefficient (Wildman–Crippen LogP) is 12.9. The molecule has 0 saturated heterocycles. The first-order valence-electron chi connectivity index (χ1n) is 16.4. The Labute approximate surface area is 268 Å². The van der Waals surface area contributed by atoms with Crippen LogP contribution in [0.25, 0.3) is 34.4 Å². The van der Waals surface area contributed by atoms with Gasteiger partial charge in [0.25, 0.3) is 0 Å². The second-order valence-electron chi connectivity index (χ2n) is 16.5. The van der Waals surface area contributed by atoms with Crippen molar-refractivity contribution in [3.8, 4) is 22.3 Å². The van der Waals surface area contributed by atoms with E-state index < -0.39 is 22.6 Å². The van der Waals surface area contributed by atoms with Crippen molar-refractivity contribution in [3.63, 3.8) is 0 Å². The fourth-order valence-electron chi connectivity index (χ4n) is 10.2. The van der Waals surface area contributed by atoms with E-state index in [-0.39, 0.29) is 10.1 Å². The van der Waals surface area contributed by atoms with E-state index in [1.54, 1.807) is 11.1 Å². The molecule has 2 aliphatic carbocycles. The zero-order valence-electron chi connectivity index (χ0n) is 28.5. The van der Waals surface area contributed by atoms with Crippen LogP contribution in [0.3, 0.4) is 0 Å². The molecule has 0 saturated carbocycles. The van der Waals surface area contributed by atoms with E-state index >= 15 is 0 Å². The van der Waals surface area contributed by atoms with Gasteiger partial charge in [-0.3, -0.25) is 0 Å². The molecule has 0 N–H and O–H groups in total. The van der Waals surface area contributed by atoms with Crippen LogP contribution in [-0.4, -0.2) is 5.49 Å². The van der Waals surface area contributed by atoms with Crippen molar-refractivity contribution >= 4 is 17.6 Å². The normalized spacial score (nSPS) is 18.0. The van der Waals surface area contributed by atoms with Crippen molar-refractivity contribution in [1.29, 1.82) is 0 Å². The number of fused-ring (bicyclic) bond motifs is 2. The summed E-state index contributed by atoms with van der Waals surface area (Å²) in [7, 11) is 0. The van der Waals surface area contributed by atoms with E-state index in [1.807, 2.05) is 0 Å². The molecule has 2 heteroatoms. The van der Waals surface area contributed by atoms with Gasteiger partial charge < -0.3 is 0 Å². The Balaban J connectivity index is 1.64. The van der Waals surface area contributed by atoms with Gasteiger partial charge in [-0.05, 0) is 0 Å².